The second kappa shape index (κ2) is 10.6. The largest absolute Gasteiger partial charge is 0.493 e. The van der Waals surface area contributed by atoms with E-state index in [1.165, 1.54) is 20.1 Å². The van der Waals surface area contributed by atoms with Gasteiger partial charge in [0.2, 0.25) is 0 Å². The molecule has 0 heterocycles. The topological polar surface area (TPSA) is 129 Å². The van der Waals surface area contributed by atoms with Crippen LogP contribution in [0.5, 0.6) is 11.5 Å². The van der Waals surface area contributed by atoms with Crippen LogP contribution in [0.15, 0.2) is 18.2 Å². The van der Waals surface area contributed by atoms with Crippen LogP contribution in [-0.2, 0) is 19.1 Å². The van der Waals surface area contributed by atoms with Crippen molar-refractivity contribution in [2.45, 2.75) is 19.6 Å². The summed E-state index contributed by atoms with van der Waals surface area (Å²) >= 11 is 0. The van der Waals surface area contributed by atoms with Gasteiger partial charge in [0.1, 0.15) is 6.54 Å². The summed E-state index contributed by atoms with van der Waals surface area (Å²) in [4.78, 5) is 46.2. The van der Waals surface area contributed by atoms with Gasteiger partial charge in [-0.2, -0.15) is 8.78 Å². The molecule has 1 aromatic rings. The molecule has 1 aromatic carbocycles. The van der Waals surface area contributed by atoms with E-state index in [0.29, 0.717) is 0 Å². The lowest BCUT2D eigenvalue weighted by molar-refractivity contribution is -0.153. The zero-order chi connectivity index (χ0) is 21.3. The number of alkyl halides is 2. The number of carbonyl (C=O) groups excluding carboxylic acids is 4. The SMILES string of the molecule is COC(=O)NC(=O)[C@@H](C)OC(=O)CNC(=O)c1ccc(OC(F)F)c(OC)c1. The van der Waals surface area contributed by atoms with E-state index in [9.17, 15) is 28.0 Å². The van der Waals surface area contributed by atoms with Crippen molar-refractivity contribution in [2.75, 3.05) is 20.8 Å². The fourth-order valence-corrected chi connectivity index (χ4v) is 1.80. The summed E-state index contributed by atoms with van der Waals surface area (Å²) in [5, 5.41) is 4.04. The van der Waals surface area contributed by atoms with Crippen LogP contribution >= 0.6 is 0 Å². The number of alkyl carbamates (subject to hydrolysis) is 1. The second-order valence-corrected chi connectivity index (χ2v) is 5.04. The fraction of sp³-hybridized carbons (Fsp3) is 0.375. The third-order valence-electron chi connectivity index (χ3n) is 3.12. The van der Waals surface area contributed by atoms with Crippen molar-refractivity contribution in [3.05, 3.63) is 23.8 Å². The zero-order valence-corrected chi connectivity index (χ0v) is 15.1. The quantitative estimate of drug-likeness (QED) is 0.610. The van der Waals surface area contributed by atoms with Gasteiger partial charge in [0.15, 0.2) is 17.6 Å². The molecule has 12 heteroatoms. The number of rotatable bonds is 8. The summed E-state index contributed by atoms with van der Waals surface area (Å²) in [6.07, 6.45) is -2.33. The predicted molar refractivity (Wildman–Crippen MR) is 88.1 cm³/mol. The minimum absolute atomic E-state index is 0.00255. The van der Waals surface area contributed by atoms with Gasteiger partial charge in [0.05, 0.1) is 14.2 Å². The smallest absolute Gasteiger partial charge is 0.413 e. The maximum Gasteiger partial charge on any atom is 0.413 e. The van der Waals surface area contributed by atoms with Crippen LogP contribution < -0.4 is 20.1 Å². The molecule has 0 fully saturated rings. The van der Waals surface area contributed by atoms with Crippen molar-refractivity contribution in [1.82, 2.24) is 10.6 Å². The van der Waals surface area contributed by atoms with E-state index in [4.69, 9.17) is 9.47 Å². The minimum atomic E-state index is -3.07. The number of methoxy groups -OCH3 is 2. The summed E-state index contributed by atoms with van der Waals surface area (Å²) in [5.74, 6) is -2.97. The van der Waals surface area contributed by atoms with Crippen LogP contribution in [0.4, 0.5) is 13.6 Å². The van der Waals surface area contributed by atoms with Crippen LogP contribution in [0.2, 0.25) is 0 Å². The van der Waals surface area contributed by atoms with E-state index in [1.807, 2.05) is 5.32 Å². The Morgan fingerprint density at radius 2 is 1.79 bits per heavy atom. The first-order valence-electron chi connectivity index (χ1n) is 7.67. The third kappa shape index (κ3) is 7.05. The molecule has 0 saturated carbocycles. The minimum Gasteiger partial charge on any atom is -0.493 e. The van der Waals surface area contributed by atoms with Crippen LogP contribution in [0.25, 0.3) is 0 Å². The molecule has 0 aromatic heterocycles. The number of nitrogens with one attached hydrogen (secondary N) is 2. The van der Waals surface area contributed by atoms with Crippen molar-refractivity contribution in [2.24, 2.45) is 0 Å². The number of hydrogen-bond donors (Lipinski definition) is 2. The Kier molecular flexibility index (Phi) is 8.59. The number of imide groups is 1. The van der Waals surface area contributed by atoms with Crippen molar-refractivity contribution in [1.29, 1.82) is 0 Å². The maximum absolute atomic E-state index is 12.3. The van der Waals surface area contributed by atoms with E-state index in [0.717, 1.165) is 19.2 Å². The molecule has 1 rings (SSSR count). The molecule has 0 unspecified atom stereocenters. The highest BCUT2D eigenvalue weighted by atomic mass is 19.3. The van der Waals surface area contributed by atoms with Crippen LogP contribution in [-0.4, -0.2) is 57.4 Å². The number of hydrogen-bond acceptors (Lipinski definition) is 8. The van der Waals surface area contributed by atoms with Gasteiger partial charge in [-0.3, -0.25) is 19.7 Å². The first-order chi connectivity index (χ1) is 13.2. The molecule has 2 N–H and O–H groups in total. The Balaban J connectivity index is 2.60. The third-order valence-corrected chi connectivity index (χ3v) is 3.12. The van der Waals surface area contributed by atoms with E-state index < -0.39 is 43.1 Å². The Labute approximate surface area is 158 Å². The fourth-order valence-electron chi connectivity index (χ4n) is 1.80. The molecule has 0 saturated heterocycles. The molecular formula is C16H18F2N2O8. The molecule has 3 amide bonds. The van der Waals surface area contributed by atoms with E-state index in [1.54, 1.807) is 0 Å². The second-order valence-electron chi connectivity index (χ2n) is 5.04. The average Bonchev–Trinajstić information content (AvgIpc) is 2.65. The summed E-state index contributed by atoms with van der Waals surface area (Å²) < 4.78 is 42.7. The standard InChI is InChI=1S/C16H18F2N2O8/c1-8(13(22)20-16(24)26-3)27-12(21)7-19-14(23)9-4-5-10(28-15(17)18)11(6-9)25-2/h4-6,8,15H,7H2,1-3H3,(H,19,23)(H,20,22,24)/t8-/m1/s1. The molecule has 1 atom stereocenters. The lowest BCUT2D eigenvalue weighted by atomic mass is 10.2. The Bertz CT molecular complexity index is 741. The van der Waals surface area contributed by atoms with Crippen LogP contribution in [0.3, 0.4) is 0 Å². The molecule has 0 aliphatic heterocycles. The first kappa shape index (κ1) is 22.6. The summed E-state index contributed by atoms with van der Waals surface area (Å²) in [5.41, 5.74) is 0.00255. The lowest BCUT2D eigenvalue weighted by Gasteiger charge is -2.13. The van der Waals surface area contributed by atoms with Crippen molar-refractivity contribution in [3.63, 3.8) is 0 Å². The summed E-state index contributed by atoms with van der Waals surface area (Å²) in [6.45, 7) is -2.45. The number of amides is 3. The number of halogens is 2. The van der Waals surface area contributed by atoms with E-state index >= 15 is 0 Å². The number of benzene rings is 1. The molecule has 28 heavy (non-hydrogen) atoms. The highest BCUT2D eigenvalue weighted by Gasteiger charge is 2.21. The van der Waals surface area contributed by atoms with Gasteiger partial charge in [-0.1, -0.05) is 0 Å². The molecular weight excluding hydrogens is 386 g/mol. The van der Waals surface area contributed by atoms with Gasteiger partial charge in [-0.25, -0.2) is 4.79 Å². The molecule has 10 nitrogen and oxygen atoms in total. The number of ether oxygens (including phenoxy) is 4. The molecule has 154 valence electrons. The van der Waals surface area contributed by atoms with Crippen LogP contribution in [0.1, 0.15) is 17.3 Å². The lowest BCUT2D eigenvalue weighted by Crippen LogP contribution is -2.41. The Hall–Kier alpha value is -3.44. The van der Waals surface area contributed by atoms with Gasteiger partial charge in [-0.15, -0.1) is 0 Å². The average molecular weight is 404 g/mol. The van der Waals surface area contributed by atoms with Gasteiger partial charge in [-0.05, 0) is 25.1 Å². The molecule has 0 aliphatic carbocycles. The van der Waals surface area contributed by atoms with Crippen molar-refractivity contribution >= 4 is 23.9 Å². The normalized spacial score (nSPS) is 11.2. The Morgan fingerprint density at radius 1 is 1.11 bits per heavy atom. The van der Waals surface area contributed by atoms with Crippen molar-refractivity contribution < 1.29 is 46.9 Å². The monoisotopic (exact) mass is 404 g/mol. The zero-order valence-electron chi connectivity index (χ0n) is 15.1. The van der Waals surface area contributed by atoms with Crippen LogP contribution in [0, 0.1) is 0 Å². The first-order valence-corrected chi connectivity index (χ1v) is 7.67. The highest BCUT2D eigenvalue weighted by molar-refractivity contribution is 5.97. The predicted octanol–water partition coefficient (Wildman–Crippen LogP) is 0.841. The number of carbonyl (C=O) groups is 4. The van der Waals surface area contributed by atoms with Gasteiger partial charge < -0.3 is 24.3 Å². The summed E-state index contributed by atoms with van der Waals surface area (Å²) in [6, 6.07) is 3.44. The Morgan fingerprint density at radius 3 is 2.36 bits per heavy atom. The van der Waals surface area contributed by atoms with Gasteiger partial charge in [0.25, 0.3) is 11.8 Å². The van der Waals surface area contributed by atoms with Crippen molar-refractivity contribution in [3.8, 4) is 11.5 Å². The van der Waals surface area contributed by atoms with E-state index in [-0.39, 0.29) is 17.1 Å². The maximum atomic E-state index is 12.3. The molecule has 0 spiro atoms. The summed E-state index contributed by atoms with van der Waals surface area (Å²) in [7, 11) is 2.25. The molecule has 0 radical (unpaired) electrons. The number of esters is 1. The van der Waals surface area contributed by atoms with Gasteiger partial charge in [0, 0.05) is 5.56 Å². The highest BCUT2D eigenvalue weighted by Crippen LogP contribution is 2.29. The van der Waals surface area contributed by atoms with E-state index in [2.05, 4.69) is 14.8 Å². The molecule has 0 bridgehead atoms. The van der Waals surface area contributed by atoms with Gasteiger partial charge >= 0.3 is 18.7 Å². The molecule has 0 aliphatic rings.